The molecule has 3 rings (SSSR count). The largest absolute Gasteiger partial charge is 0.334 e. The highest BCUT2D eigenvalue weighted by Crippen LogP contribution is 2.32. The van der Waals surface area contributed by atoms with Crippen molar-refractivity contribution in [1.29, 1.82) is 0 Å². The predicted molar refractivity (Wildman–Crippen MR) is 103 cm³/mol. The number of carbonyl (C=O) groups is 1. The maximum atomic E-state index is 13.1. The van der Waals surface area contributed by atoms with E-state index in [0.717, 1.165) is 53.3 Å². The minimum absolute atomic E-state index is 0. The lowest BCUT2D eigenvalue weighted by atomic mass is 10.1. The van der Waals surface area contributed by atoms with Gasteiger partial charge in [-0.15, -0.1) is 23.7 Å². The van der Waals surface area contributed by atoms with Crippen LogP contribution in [0.2, 0.25) is 0 Å². The molecule has 134 valence electrons. The minimum atomic E-state index is 0. The number of amides is 1. The molecule has 3 heterocycles. The summed E-state index contributed by atoms with van der Waals surface area (Å²) in [6.07, 6.45) is 2.04. The molecule has 2 aromatic heterocycles. The molecule has 5 nitrogen and oxygen atoms in total. The van der Waals surface area contributed by atoms with Gasteiger partial charge >= 0.3 is 0 Å². The van der Waals surface area contributed by atoms with E-state index in [2.05, 4.69) is 42.2 Å². The Kier molecular flexibility index (Phi) is 6.28. The average Bonchev–Trinajstić information content (AvgIpc) is 3.21. The molecule has 7 heteroatoms. The molecule has 1 amide bonds. The van der Waals surface area contributed by atoms with Crippen molar-refractivity contribution in [2.45, 2.75) is 45.6 Å². The molecule has 1 unspecified atom stereocenters. The first-order valence-electron chi connectivity index (χ1n) is 8.51. The Bertz CT molecular complexity index is 703. The van der Waals surface area contributed by atoms with Gasteiger partial charge in [0.15, 0.2) is 0 Å². The van der Waals surface area contributed by atoms with Crippen molar-refractivity contribution in [2.75, 3.05) is 19.6 Å². The maximum absolute atomic E-state index is 13.1. The lowest BCUT2D eigenvalue weighted by Crippen LogP contribution is -2.41. The first kappa shape index (κ1) is 19.2. The number of carbonyl (C=O) groups excluding carboxylic acids is 1. The topological polar surface area (TPSA) is 50.2 Å². The van der Waals surface area contributed by atoms with Crippen LogP contribution < -0.4 is 5.32 Å². The summed E-state index contributed by atoms with van der Waals surface area (Å²) in [5.41, 5.74) is 1.09. The van der Waals surface area contributed by atoms with Gasteiger partial charge in [0.05, 0.1) is 10.6 Å². The van der Waals surface area contributed by atoms with Crippen LogP contribution >= 0.6 is 23.7 Å². The smallest absolute Gasteiger partial charge is 0.264 e. The summed E-state index contributed by atoms with van der Waals surface area (Å²) in [7, 11) is 1.96. The Hall–Kier alpha value is -1.11. The molecule has 0 bridgehead atoms. The summed E-state index contributed by atoms with van der Waals surface area (Å²) in [6.45, 7) is 9.17. The van der Waals surface area contributed by atoms with E-state index < -0.39 is 0 Å². The number of halogens is 1. The van der Waals surface area contributed by atoms with Crippen molar-refractivity contribution in [3.8, 4) is 0 Å². The first-order valence-corrected chi connectivity index (χ1v) is 9.32. The number of hydrogen-bond donors (Lipinski definition) is 1. The van der Waals surface area contributed by atoms with Gasteiger partial charge in [0.25, 0.3) is 5.91 Å². The molecule has 2 aromatic rings. The van der Waals surface area contributed by atoms with Gasteiger partial charge in [-0.2, -0.15) is 5.10 Å². The molecule has 1 aliphatic rings. The SMILES string of the molecule is CCCN(C(=O)c1cc2c(C(C)C)nn(C)c2s1)C1CCNC1.Cl. The Labute approximate surface area is 153 Å². The van der Waals surface area contributed by atoms with Crippen molar-refractivity contribution in [3.05, 3.63) is 16.6 Å². The lowest BCUT2D eigenvalue weighted by Gasteiger charge is -2.27. The number of hydrogen-bond acceptors (Lipinski definition) is 4. The van der Waals surface area contributed by atoms with E-state index in [1.807, 2.05) is 11.7 Å². The van der Waals surface area contributed by atoms with E-state index in [-0.39, 0.29) is 18.3 Å². The summed E-state index contributed by atoms with van der Waals surface area (Å²) in [5.74, 6) is 0.540. The van der Waals surface area contributed by atoms with E-state index in [9.17, 15) is 4.79 Å². The van der Waals surface area contributed by atoms with Crippen molar-refractivity contribution >= 4 is 39.9 Å². The quantitative estimate of drug-likeness (QED) is 0.877. The molecule has 0 aliphatic carbocycles. The van der Waals surface area contributed by atoms with Gasteiger partial charge in [-0.05, 0) is 31.4 Å². The molecule has 0 spiro atoms. The van der Waals surface area contributed by atoms with Crippen LogP contribution in [0.1, 0.15) is 54.9 Å². The maximum Gasteiger partial charge on any atom is 0.264 e. The van der Waals surface area contributed by atoms with E-state index in [0.29, 0.717) is 12.0 Å². The first-order chi connectivity index (χ1) is 11.0. The zero-order valence-electron chi connectivity index (χ0n) is 14.8. The number of thiophene rings is 1. The highest BCUT2D eigenvalue weighted by atomic mass is 35.5. The monoisotopic (exact) mass is 370 g/mol. The third-order valence-corrected chi connectivity index (χ3v) is 5.69. The Morgan fingerprint density at radius 1 is 1.54 bits per heavy atom. The van der Waals surface area contributed by atoms with Crippen LogP contribution in [-0.2, 0) is 7.05 Å². The Balaban J connectivity index is 0.00000208. The second-order valence-electron chi connectivity index (χ2n) is 6.64. The number of rotatable bonds is 5. The fraction of sp³-hybridized carbons (Fsp3) is 0.647. The Morgan fingerprint density at radius 3 is 2.88 bits per heavy atom. The van der Waals surface area contributed by atoms with Gasteiger partial charge in [0, 0.05) is 31.6 Å². The van der Waals surface area contributed by atoms with Crippen LogP contribution in [-0.4, -0.2) is 46.3 Å². The average molecular weight is 371 g/mol. The normalized spacial score (nSPS) is 17.5. The van der Waals surface area contributed by atoms with Gasteiger partial charge in [-0.3, -0.25) is 9.48 Å². The van der Waals surface area contributed by atoms with Gasteiger partial charge in [-0.25, -0.2) is 0 Å². The van der Waals surface area contributed by atoms with Crippen molar-refractivity contribution < 1.29 is 4.79 Å². The van der Waals surface area contributed by atoms with Crippen LogP contribution in [0.3, 0.4) is 0 Å². The van der Waals surface area contributed by atoms with Gasteiger partial charge in [0.2, 0.25) is 0 Å². The summed E-state index contributed by atoms with van der Waals surface area (Å²) >= 11 is 1.57. The molecular formula is C17H27ClN4OS. The summed E-state index contributed by atoms with van der Waals surface area (Å²) in [4.78, 5) is 17.1. The van der Waals surface area contributed by atoms with Crippen LogP contribution in [0.25, 0.3) is 10.2 Å². The van der Waals surface area contributed by atoms with Gasteiger partial charge < -0.3 is 10.2 Å². The summed E-state index contributed by atoms with van der Waals surface area (Å²) in [5, 5.41) is 9.10. The molecule has 1 N–H and O–H groups in total. The van der Waals surface area contributed by atoms with Crippen molar-refractivity contribution in [3.63, 3.8) is 0 Å². The molecular weight excluding hydrogens is 344 g/mol. The molecule has 0 aromatic carbocycles. The van der Waals surface area contributed by atoms with Gasteiger partial charge in [0.1, 0.15) is 4.83 Å². The number of aromatic nitrogens is 2. The van der Waals surface area contributed by atoms with E-state index in [4.69, 9.17) is 0 Å². The molecule has 0 saturated carbocycles. The molecule has 1 saturated heterocycles. The number of fused-ring (bicyclic) bond motifs is 1. The molecule has 24 heavy (non-hydrogen) atoms. The zero-order chi connectivity index (χ0) is 16.6. The number of aryl methyl sites for hydroxylation is 1. The second kappa shape index (κ2) is 7.85. The van der Waals surface area contributed by atoms with Crippen LogP contribution in [0, 0.1) is 0 Å². The molecule has 1 atom stereocenters. The highest BCUT2D eigenvalue weighted by Gasteiger charge is 2.28. The molecule has 0 radical (unpaired) electrons. The van der Waals surface area contributed by atoms with E-state index in [1.54, 1.807) is 11.3 Å². The summed E-state index contributed by atoms with van der Waals surface area (Å²) in [6, 6.07) is 2.38. The fourth-order valence-corrected chi connectivity index (χ4v) is 4.37. The van der Waals surface area contributed by atoms with E-state index >= 15 is 0 Å². The predicted octanol–water partition coefficient (Wildman–Crippen LogP) is 3.39. The number of nitrogens with zero attached hydrogens (tertiary/aromatic N) is 3. The van der Waals surface area contributed by atoms with Gasteiger partial charge in [-0.1, -0.05) is 20.8 Å². The highest BCUT2D eigenvalue weighted by molar-refractivity contribution is 7.20. The fourth-order valence-electron chi connectivity index (χ4n) is 3.34. The minimum Gasteiger partial charge on any atom is -0.334 e. The number of nitrogens with one attached hydrogen (secondary N) is 1. The molecule has 1 aliphatic heterocycles. The summed E-state index contributed by atoms with van der Waals surface area (Å²) < 4.78 is 1.91. The van der Waals surface area contributed by atoms with Crippen molar-refractivity contribution in [1.82, 2.24) is 20.0 Å². The van der Waals surface area contributed by atoms with Crippen LogP contribution in [0.4, 0.5) is 0 Å². The zero-order valence-corrected chi connectivity index (χ0v) is 16.5. The third kappa shape index (κ3) is 3.46. The Morgan fingerprint density at radius 2 is 2.29 bits per heavy atom. The second-order valence-corrected chi connectivity index (χ2v) is 7.67. The van der Waals surface area contributed by atoms with Crippen molar-refractivity contribution in [2.24, 2.45) is 7.05 Å². The van der Waals surface area contributed by atoms with Crippen LogP contribution in [0.15, 0.2) is 6.07 Å². The van der Waals surface area contributed by atoms with Crippen LogP contribution in [0.5, 0.6) is 0 Å². The lowest BCUT2D eigenvalue weighted by molar-refractivity contribution is 0.0697. The standard InChI is InChI=1S/C17H26N4OS.ClH/c1-5-8-21(12-6-7-18-10-12)16(22)14-9-13-15(11(2)3)19-20(4)17(13)23-14;/h9,11-12,18H,5-8,10H2,1-4H3;1H. The molecule has 1 fully saturated rings. The third-order valence-electron chi connectivity index (χ3n) is 4.50. The van der Waals surface area contributed by atoms with E-state index in [1.165, 1.54) is 0 Å².